The van der Waals surface area contributed by atoms with E-state index in [0.29, 0.717) is 23.8 Å². The van der Waals surface area contributed by atoms with Crippen LogP contribution in [0.2, 0.25) is 0 Å². The van der Waals surface area contributed by atoms with Crippen LogP contribution in [0, 0.1) is 17.5 Å². The van der Waals surface area contributed by atoms with Crippen LogP contribution in [0.4, 0.5) is 30.6 Å². The summed E-state index contributed by atoms with van der Waals surface area (Å²) >= 11 is 0. The second-order valence-electron chi connectivity index (χ2n) is 6.70. The van der Waals surface area contributed by atoms with Crippen molar-refractivity contribution in [3.63, 3.8) is 0 Å². The van der Waals surface area contributed by atoms with Crippen molar-refractivity contribution < 1.29 is 13.2 Å². The molecule has 1 aliphatic rings. The van der Waals surface area contributed by atoms with Gasteiger partial charge in [-0.05, 0) is 25.0 Å². The monoisotopic (exact) mass is 385 g/mol. The van der Waals surface area contributed by atoms with E-state index in [-0.39, 0.29) is 11.9 Å². The number of rotatable bonds is 5. The van der Waals surface area contributed by atoms with Gasteiger partial charge in [0.15, 0.2) is 11.6 Å². The molecule has 1 aromatic carbocycles. The maximum Gasteiger partial charge on any atom is 0.225 e. The number of anilines is 3. The second-order valence-corrected chi connectivity index (χ2v) is 6.70. The van der Waals surface area contributed by atoms with Crippen molar-refractivity contribution in [1.82, 2.24) is 15.0 Å². The lowest BCUT2D eigenvalue weighted by Crippen LogP contribution is -2.17. The van der Waals surface area contributed by atoms with Gasteiger partial charge in [-0.15, -0.1) is 0 Å². The number of aromatic nitrogens is 3. The minimum Gasteiger partial charge on any atom is -0.351 e. The van der Waals surface area contributed by atoms with E-state index >= 15 is 0 Å². The van der Waals surface area contributed by atoms with Crippen LogP contribution in [0.15, 0.2) is 42.7 Å². The first-order valence-electron chi connectivity index (χ1n) is 9.06. The second kappa shape index (κ2) is 7.84. The third kappa shape index (κ3) is 4.05. The molecule has 1 saturated carbocycles. The molecule has 0 spiro atoms. The van der Waals surface area contributed by atoms with E-state index in [1.165, 1.54) is 0 Å². The summed E-state index contributed by atoms with van der Waals surface area (Å²) in [5, 5.41) is 5.90. The number of nitrogens with one attached hydrogen (secondary N) is 2. The highest BCUT2D eigenvalue weighted by Crippen LogP contribution is 2.28. The SMILES string of the molecule is Fc1cc(F)c(Nc2cc(-c3cccnc3)nc(NC3CCCC3)n2)c(F)c1. The summed E-state index contributed by atoms with van der Waals surface area (Å²) in [7, 11) is 0. The fourth-order valence-electron chi connectivity index (χ4n) is 3.28. The third-order valence-corrected chi connectivity index (χ3v) is 4.63. The molecule has 2 heterocycles. The number of nitrogens with zero attached hydrogens (tertiary/aromatic N) is 3. The molecule has 1 aliphatic carbocycles. The van der Waals surface area contributed by atoms with Crippen molar-refractivity contribution in [1.29, 1.82) is 0 Å². The summed E-state index contributed by atoms with van der Waals surface area (Å²) in [6.45, 7) is 0. The van der Waals surface area contributed by atoms with Crippen LogP contribution in [0.5, 0.6) is 0 Å². The predicted molar refractivity (Wildman–Crippen MR) is 101 cm³/mol. The number of halogens is 3. The molecule has 0 amide bonds. The Morgan fingerprint density at radius 1 is 0.964 bits per heavy atom. The molecule has 5 nitrogen and oxygen atoms in total. The van der Waals surface area contributed by atoms with E-state index in [2.05, 4.69) is 25.6 Å². The lowest BCUT2D eigenvalue weighted by Gasteiger charge is -2.15. The van der Waals surface area contributed by atoms with Gasteiger partial charge in [-0.3, -0.25) is 4.98 Å². The first-order valence-corrected chi connectivity index (χ1v) is 9.06. The Bertz CT molecular complexity index is 952. The van der Waals surface area contributed by atoms with Crippen LogP contribution < -0.4 is 10.6 Å². The van der Waals surface area contributed by atoms with E-state index in [0.717, 1.165) is 31.2 Å². The van der Waals surface area contributed by atoms with Gasteiger partial charge in [0, 0.05) is 42.2 Å². The Hall–Kier alpha value is -3.16. The van der Waals surface area contributed by atoms with Gasteiger partial charge in [0.05, 0.1) is 5.69 Å². The van der Waals surface area contributed by atoms with Crippen LogP contribution in [0.1, 0.15) is 25.7 Å². The lowest BCUT2D eigenvalue weighted by molar-refractivity contribution is 0.548. The van der Waals surface area contributed by atoms with Crippen LogP contribution in [0.3, 0.4) is 0 Å². The Morgan fingerprint density at radius 2 is 1.71 bits per heavy atom. The van der Waals surface area contributed by atoms with Crippen LogP contribution in [-0.2, 0) is 0 Å². The highest BCUT2D eigenvalue weighted by Gasteiger charge is 2.18. The Kier molecular flexibility index (Phi) is 5.10. The van der Waals surface area contributed by atoms with Crippen LogP contribution in [-0.4, -0.2) is 21.0 Å². The maximum atomic E-state index is 14.0. The molecule has 0 aliphatic heterocycles. The fourth-order valence-corrected chi connectivity index (χ4v) is 3.28. The number of hydrogen-bond donors (Lipinski definition) is 2. The minimum atomic E-state index is -1.04. The number of pyridine rings is 1. The van der Waals surface area contributed by atoms with Gasteiger partial charge in [0.1, 0.15) is 17.3 Å². The minimum absolute atomic E-state index is 0.193. The first-order chi connectivity index (χ1) is 13.6. The van der Waals surface area contributed by atoms with E-state index in [4.69, 9.17) is 0 Å². The van der Waals surface area contributed by atoms with Gasteiger partial charge < -0.3 is 10.6 Å². The largest absolute Gasteiger partial charge is 0.351 e. The molecule has 0 saturated heterocycles. The molecule has 3 aromatic rings. The first kappa shape index (κ1) is 18.2. The molecule has 4 rings (SSSR count). The highest BCUT2D eigenvalue weighted by atomic mass is 19.1. The summed E-state index contributed by atoms with van der Waals surface area (Å²) in [5.74, 6) is -2.51. The molecule has 1 fully saturated rings. The van der Waals surface area contributed by atoms with Gasteiger partial charge in [-0.25, -0.2) is 18.2 Å². The van der Waals surface area contributed by atoms with Gasteiger partial charge in [-0.1, -0.05) is 12.8 Å². The molecular formula is C20H18F3N5. The molecule has 144 valence electrons. The molecule has 0 bridgehead atoms. The van der Waals surface area contributed by atoms with Crippen molar-refractivity contribution in [2.45, 2.75) is 31.7 Å². The number of benzene rings is 1. The number of hydrogen-bond acceptors (Lipinski definition) is 5. The van der Waals surface area contributed by atoms with Crippen molar-refractivity contribution in [3.05, 3.63) is 60.2 Å². The van der Waals surface area contributed by atoms with Gasteiger partial charge in [0.2, 0.25) is 5.95 Å². The van der Waals surface area contributed by atoms with Crippen LogP contribution in [0.25, 0.3) is 11.3 Å². The third-order valence-electron chi connectivity index (χ3n) is 4.63. The molecular weight excluding hydrogens is 367 g/mol. The summed E-state index contributed by atoms with van der Waals surface area (Å²) in [6, 6.07) is 6.67. The van der Waals surface area contributed by atoms with E-state index in [9.17, 15) is 13.2 Å². The van der Waals surface area contributed by atoms with Gasteiger partial charge >= 0.3 is 0 Å². The van der Waals surface area contributed by atoms with Crippen molar-refractivity contribution in [2.75, 3.05) is 10.6 Å². The zero-order valence-electron chi connectivity index (χ0n) is 14.9. The predicted octanol–water partition coefficient (Wildman–Crippen LogP) is 5.05. The molecule has 8 heteroatoms. The quantitative estimate of drug-likeness (QED) is 0.643. The summed E-state index contributed by atoms with van der Waals surface area (Å²) in [4.78, 5) is 12.9. The molecule has 2 aromatic heterocycles. The average Bonchev–Trinajstić information content (AvgIpc) is 3.18. The molecule has 2 N–H and O–H groups in total. The van der Waals surface area contributed by atoms with Gasteiger partial charge in [0.25, 0.3) is 0 Å². The zero-order chi connectivity index (χ0) is 19.5. The van der Waals surface area contributed by atoms with Crippen molar-refractivity contribution >= 4 is 17.5 Å². The fraction of sp³-hybridized carbons (Fsp3) is 0.250. The summed E-state index contributed by atoms with van der Waals surface area (Å²) in [5.41, 5.74) is 0.820. The van der Waals surface area contributed by atoms with Crippen molar-refractivity contribution in [2.24, 2.45) is 0 Å². The molecule has 0 radical (unpaired) electrons. The van der Waals surface area contributed by atoms with E-state index in [1.54, 1.807) is 24.5 Å². The summed E-state index contributed by atoms with van der Waals surface area (Å²) in [6.07, 6.45) is 7.60. The summed E-state index contributed by atoms with van der Waals surface area (Å²) < 4.78 is 41.2. The average molecular weight is 385 g/mol. The lowest BCUT2D eigenvalue weighted by atomic mass is 10.2. The smallest absolute Gasteiger partial charge is 0.225 e. The Morgan fingerprint density at radius 3 is 2.39 bits per heavy atom. The standard InChI is InChI=1S/C20H18F3N5/c21-13-8-15(22)19(16(23)9-13)27-18-10-17(12-4-3-7-24-11-12)26-20(28-18)25-14-5-1-2-6-14/h3-4,7-11,14H,1-2,5-6H2,(H2,25,26,27,28). The van der Waals surface area contributed by atoms with Crippen molar-refractivity contribution in [3.8, 4) is 11.3 Å². The van der Waals surface area contributed by atoms with Gasteiger partial charge in [-0.2, -0.15) is 4.98 Å². The maximum absolute atomic E-state index is 14.0. The molecule has 0 atom stereocenters. The molecule has 0 unspecified atom stereocenters. The Balaban J connectivity index is 1.71. The van der Waals surface area contributed by atoms with E-state index in [1.807, 2.05) is 6.07 Å². The highest BCUT2D eigenvalue weighted by molar-refractivity contribution is 5.67. The topological polar surface area (TPSA) is 62.7 Å². The molecule has 28 heavy (non-hydrogen) atoms. The van der Waals surface area contributed by atoms with E-state index < -0.39 is 23.1 Å². The van der Waals surface area contributed by atoms with Crippen LogP contribution >= 0.6 is 0 Å². The Labute approximate surface area is 160 Å². The zero-order valence-corrected chi connectivity index (χ0v) is 14.9. The normalized spacial score (nSPS) is 14.2.